The minimum Gasteiger partial charge on any atom is -0.504 e. The zero-order chi connectivity index (χ0) is 18.4. The number of ketones is 1. The second-order valence-electron chi connectivity index (χ2n) is 4.96. The van der Waals surface area contributed by atoms with Crippen LogP contribution in [0.1, 0.15) is 15.9 Å². The standard InChI is InChI=1S/C19H20O6/c1-22-16-13(10-11-14(20)12-8-6-5-7-9-12)15(21)17(23-2)19(25-4)18(16)24-3/h5-11,21H,1-4H3/b11-10+. The molecule has 2 rings (SSSR count). The molecule has 6 heteroatoms. The lowest BCUT2D eigenvalue weighted by Gasteiger charge is -2.19. The molecule has 2 aromatic carbocycles. The summed E-state index contributed by atoms with van der Waals surface area (Å²) in [5, 5.41) is 10.5. The molecule has 0 amide bonds. The van der Waals surface area contributed by atoms with Gasteiger partial charge in [0.2, 0.25) is 17.2 Å². The van der Waals surface area contributed by atoms with Crippen molar-refractivity contribution < 1.29 is 28.8 Å². The van der Waals surface area contributed by atoms with Crippen molar-refractivity contribution >= 4 is 11.9 Å². The highest BCUT2D eigenvalue weighted by molar-refractivity contribution is 6.07. The molecule has 132 valence electrons. The number of allylic oxidation sites excluding steroid dienone is 1. The maximum absolute atomic E-state index is 12.3. The van der Waals surface area contributed by atoms with E-state index in [0.29, 0.717) is 5.56 Å². The van der Waals surface area contributed by atoms with E-state index in [2.05, 4.69) is 0 Å². The second-order valence-corrected chi connectivity index (χ2v) is 4.96. The van der Waals surface area contributed by atoms with Gasteiger partial charge in [0.15, 0.2) is 17.3 Å². The van der Waals surface area contributed by atoms with E-state index in [-0.39, 0.29) is 40.1 Å². The molecule has 0 atom stereocenters. The van der Waals surface area contributed by atoms with Crippen LogP contribution in [-0.2, 0) is 0 Å². The number of carbonyl (C=O) groups is 1. The van der Waals surface area contributed by atoms with Crippen LogP contribution in [0.4, 0.5) is 0 Å². The predicted molar refractivity (Wildman–Crippen MR) is 94.1 cm³/mol. The fourth-order valence-corrected chi connectivity index (χ4v) is 2.44. The van der Waals surface area contributed by atoms with Crippen molar-refractivity contribution in [3.8, 4) is 28.7 Å². The lowest BCUT2D eigenvalue weighted by molar-refractivity contribution is 0.104. The molecule has 25 heavy (non-hydrogen) atoms. The van der Waals surface area contributed by atoms with E-state index < -0.39 is 0 Å². The summed E-state index contributed by atoms with van der Waals surface area (Å²) in [5.41, 5.74) is 0.783. The summed E-state index contributed by atoms with van der Waals surface area (Å²) in [6.45, 7) is 0. The smallest absolute Gasteiger partial charge is 0.211 e. The molecule has 0 bridgehead atoms. The number of aromatic hydroxyl groups is 1. The van der Waals surface area contributed by atoms with Gasteiger partial charge < -0.3 is 24.1 Å². The number of carbonyl (C=O) groups excluding carboxylic acids is 1. The van der Waals surface area contributed by atoms with Crippen molar-refractivity contribution in [2.45, 2.75) is 0 Å². The highest BCUT2D eigenvalue weighted by Crippen LogP contribution is 2.53. The fourth-order valence-electron chi connectivity index (χ4n) is 2.44. The van der Waals surface area contributed by atoms with E-state index in [0.717, 1.165) is 0 Å². The number of hydrogen-bond donors (Lipinski definition) is 1. The summed E-state index contributed by atoms with van der Waals surface area (Å²) in [6.07, 6.45) is 2.80. The number of benzene rings is 2. The molecule has 1 N–H and O–H groups in total. The maximum Gasteiger partial charge on any atom is 0.211 e. The molecule has 0 saturated carbocycles. The summed E-state index contributed by atoms with van der Waals surface area (Å²) in [7, 11) is 5.69. The lowest BCUT2D eigenvalue weighted by Crippen LogP contribution is -2.01. The van der Waals surface area contributed by atoms with E-state index in [9.17, 15) is 9.90 Å². The molecule has 0 aliphatic rings. The van der Waals surface area contributed by atoms with E-state index >= 15 is 0 Å². The van der Waals surface area contributed by atoms with Gasteiger partial charge in [-0.05, 0) is 12.2 Å². The average Bonchev–Trinajstić information content (AvgIpc) is 2.66. The topological polar surface area (TPSA) is 74.2 Å². The van der Waals surface area contributed by atoms with Crippen LogP contribution in [0.5, 0.6) is 28.7 Å². The maximum atomic E-state index is 12.3. The van der Waals surface area contributed by atoms with Crippen LogP contribution in [0.3, 0.4) is 0 Å². The molecule has 0 heterocycles. The van der Waals surface area contributed by atoms with E-state index in [4.69, 9.17) is 18.9 Å². The van der Waals surface area contributed by atoms with E-state index in [1.807, 2.05) is 6.07 Å². The second kappa shape index (κ2) is 8.10. The van der Waals surface area contributed by atoms with Crippen molar-refractivity contribution in [1.29, 1.82) is 0 Å². The van der Waals surface area contributed by atoms with Crippen molar-refractivity contribution in [3.63, 3.8) is 0 Å². The first kappa shape index (κ1) is 18.2. The third kappa shape index (κ3) is 3.52. The van der Waals surface area contributed by atoms with Gasteiger partial charge in [0.05, 0.1) is 34.0 Å². The molecule has 0 saturated heterocycles. The van der Waals surface area contributed by atoms with Crippen molar-refractivity contribution in [2.24, 2.45) is 0 Å². The van der Waals surface area contributed by atoms with Crippen LogP contribution in [0.2, 0.25) is 0 Å². The minimum absolute atomic E-state index is 0.0898. The Bertz CT molecular complexity index is 780. The number of rotatable bonds is 7. The molecule has 0 aromatic heterocycles. The van der Waals surface area contributed by atoms with E-state index in [1.165, 1.54) is 40.6 Å². The molecular formula is C19H20O6. The molecular weight excluding hydrogens is 324 g/mol. The highest BCUT2D eigenvalue weighted by Gasteiger charge is 2.26. The Labute approximate surface area is 146 Å². The zero-order valence-corrected chi connectivity index (χ0v) is 14.5. The summed E-state index contributed by atoms with van der Waals surface area (Å²) >= 11 is 0. The summed E-state index contributed by atoms with van der Waals surface area (Å²) in [6, 6.07) is 8.80. The van der Waals surface area contributed by atoms with Crippen LogP contribution in [-0.4, -0.2) is 39.3 Å². The van der Waals surface area contributed by atoms with Crippen molar-refractivity contribution in [2.75, 3.05) is 28.4 Å². The van der Waals surface area contributed by atoms with Gasteiger partial charge >= 0.3 is 0 Å². The van der Waals surface area contributed by atoms with E-state index in [1.54, 1.807) is 24.3 Å². The van der Waals surface area contributed by atoms with Gasteiger partial charge in [-0.25, -0.2) is 0 Å². The number of phenolic OH excluding ortho intramolecular Hbond substituents is 1. The summed E-state index contributed by atoms with van der Waals surface area (Å²) in [4.78, 5) is 12.3. The van der Waals surface area contributed by atoms with Crippen LogP contribution >= 0.6 is 0 Å². The van der Waals surface area contributed by atoms with Crippen LogP contribution in [0.25, 0.3) is 6.08 Å². The van der Waals surface area contributed by atoms with Crippen molar-refractivity contribution in [1.82, 2.24) is 0 Å². The Balaban J connectivity index is 2.56. The number of ether oxygens (including phenoxy) is 4. The first-order valence-corrected chi connectivity index (χ1v) is 7.45. The fraction of sp³-hybridized carbons (Fsp3) is 0.211. The van der Waals surface area contributed by atoms with Gasteiger partial charge in [-0.15, -0.1) is 0 Å². The molecule has 0 unspecified atom stereocenters. The highest BCUT2D eigenvalue weighted by atomic mass is 16.5. The Morgan fingerprint density at radius 1 is 0.840 bits per heavy atom. The van der Waals surface area contributed by atoms with Gasteiger partial charge in [0.1, 0.15) is 0 Å². The quantitative estimate of drug-likeness (QED) is 0.613. The zero-order valence-electron chi connectivity index (χ0n) is 14.5. The van der Waals surface area contributed by atoms with Gasteiger partial charge in [-0.2, -0.15) is 0 Å². The third-order valence-corrected chi connectivity index (χ3v) is 3.61. The summed E-state index contributed by atoms with van der Waals surface area (Å²) < 4.78 is 21.1. The molecule has 0 fully saturated rings. The van der Waals surface area contributed by atoms with Gasteiger partial charge in [0, 0.05) is 5.56 Å². The average molecular weight is 344 g/mol. The Morgan fingerprint density at radius 2 is 1.36 bits per heavy atom. The number of methoxy groups -OCH3 is 4. The number of phenols is 1. The molecule has 0 aliphatic carbocycles. The predicted octanol–water partition coefficient (Wildman–Crippen LogP) is 3.32. The van der Waals surface area contributed by atoms with Crippen LogP contribution in [0, 0.1) is 0 Å². The number of hydrogen-bond acceptors (Lipinski definition) is 6. The Kier molecular flexibility index (Phi) is 5.89. The largest absolute Gasteiger partial charge is 0.504 e. The van der Waals surface area contributed by atoms with Crippen LogP contribution in [0.15, 0.2) is 36.4 Å². The third-order valence-electron chi connectivity index (χ3n) is 3.61. The molecule has 0 aliphatic heterocycles. The monoisotopic (exact) mass is 344 g/mol. The van der Waals surface area contributed by atoms with Crippen molar-refractivity contribution in [3.05, 3.63) is 47.5 Å². The van der Waals surface area contributed by atoms with Gasteiger partial charge in [-0.1, -0.05) is 30.3 Å². The molecule has 6 nitrogen and oxygen atoms in total. The SMILES string of the molecule is COc1c(O)c(/C=C/C(=O)c2ccccc2)c(OC)c(OC)c1OC. The molecule has 0 spiro atoms. The first-order chi connectivity index (χ1) is 12.1. The van der Waals surface area contributed by atoms with Crippen LogP contribution < -0.4 is 18.9 Å². The summed E-state index contributed by atoms with van der Waals surface area (Å²) in [5.74, 6) is 0.351. The van der Waals surface area contributed by atoms with Gasteiger partial charge in [0.25, 0.3) is 0 Å². The lowest BCUT2D eigenvalue weighted by atomic mass is 10.1. The molecule has 2 aromatic rings. The minimum atomic E-state index is -0.214. The Morgan fingerprint density at radius 3 is 1.88 bits per heavy atom. The normalized spacial score (nSPS) is 10.6. The first-order valence-electron chi connectivity index (χ1n) is 7.45. The van der Waals surface area contributed by atoms with Gasteiger partial charge in [-0.3, -0.25) is 4.79 Å². The Hall–Kier alpha value is -3.15. The molecule has 0 radical (unpaired) electrons.